The Morgan fingerprint density at radius 1 is 1.04 bits per heavy atom. The van der Waals surface area contributed by atoms with Gasteiger partial charge in [-0.1, -0.05) is 50.2 Å². The third kappa shape index (κ3) is 2.93. The van der Waals surface area contributed by atoms with Crippen LogP contribution in [0.15, 0.2) is 60.9 Å². The molecule has 4 nitrogen and oxygen atoms in total. The summed E-state index contributed by atoms with van der Waals surface area (Å²) in [6, 6.07) is 14.9. The Balaban J connectivity index is 1.74. The van der Waals surface area contributed by atoms with Crippen molar-refractivity contribution in [2.24, 2.45) is 0 Å². The predicted molar refractivity (Wildman–Crippen MR) is 96.7 cm³/mol. The molecule has 2 aromatic carbocycles. The fourth-order valence-corrected chi connectivity index (χ4v) is 3.05. The molecule has 1 aromatic heterocycles. The standard InChI is InChI=1S/C20H19FN4/c1-13(2)14-3-5-15(6-4-14)18-11-19(16-7-9-17(21)10-8-16)25-20(24-18)22-12-23-25/h3-13,19H,1-2H3,(H,22,23,24)/t19-/m0/s1. The average Bonchev–Trinajstić information content (AvgIpc) is 3.10. The molecule has 0 saturated carbocycles. The Kier molecular flexibility index (Phi) is 3.84. The lowest BCUT2D eigenvalue weighted by atomic mass is 9.98. The molecule has 0 radical (unpaired) electrons. The first-order valence-corrected chi connectivity index (χ1v) is 8.36. The van der Waals surface area contributed by atoms with E-state index in [9.17, 15) is 4.39 Å². The first-order chi connectivity index (χ1) is 12.1. The van der Waals surface area contributed by atoms with Gasteiger partial charge in [-0.05, 0) is 40.8 Å². The summed E-state index contributed by atoms with van der Waals surface area (Å²) in [7, 11) is 0. The van der Waals surface area contributed by atoms with Gasteiger partial charge in [-0.3, -0.25) is 0 Å². The lowest BCUT2D eigenvalue weighted by Crippen LogP contribution is -2.20. The van der Waals surface area contributed by atoms with Crippen molar-refractivity contribution in [2.75, 3.05) is 5.32 Å². The third-order valence-corrected chi connectivity index (χ3v) is 4.51. The molecule has 1 N–H and O–H groups in total. The van der Waals surface area contributed by atoms with Crippen LogP contribution < -0.4 is 5.32 Å². The van der Waals surface area contributed by atoms with Gasteiger partial charge < -0.3 is 5.32 Å². The van der Waals surface area contributed by atoms with Crippen molar-refractivity contribution >= 4 is 11.6 Å². The highest BCUT2D eigenvalue weighted by molar-refractivity contribution is 5.77. The lowest BCUT2D eigenvalue weighted by molar-refractivity contribution is 0.603. The molecular weight excluding hydrogens is 315 g/mol. The molecule has 126 valence electrons. The number of allylic oxidation sites excluding steroid dienone is 1. The van der Waals surface area contributed by atoms with Crippen molar-refractivity contribution in [1.29, 1.82) is 0 Å². The van der Waals surface area contributed by atoms with Crippen LogP contribution in [0, 0.1) is 5.82 Å². The fourth-order valence-electron chi connectivity index (χ4n) is 3.05. The van der Waals surface area contributed by atoms with Crippen molar-refractivity contribution in [1.82, 2.24) is 14.8 Å². The molecule has 1 atom stereocenters. The Morgan fingerprint density at radius 3 is 2.44 bits per heavy atom. The van der Waals surface area contributed by atoms with Gasteiger partial charge in [0.1, 0.15) is 18.2 Å². The summed E-state index contributed by atoms with van der Waals surface area (Å²) in [6.07, 6.45) is 3.62. The molecule has 0 amide bonds. The van der Waals surface area contributed by atoms with Crippen LogP contribution in [-0.4, -0.2) is 14.8 Å². The predicted octanol–water partition coefficient (Wildman–Crippen LogP) is 4.60. The minimum Gasteiger partial charge on any atom is -0.324 e. The van der Waals surface area contributed by atoms with Gasteiger partial charge in [0.2, 0.25) is 5.95 Å². The van der Waals surface area contributed by atoms with Crippen LogP contribution in [0.3, 0.4) is 0 Å². The highest BCUT2D eigenvalue weighted by Crippen LogP contribution is 2.32. The van der Waals surface area contributed by atoms with E-state index in [2.05, 4.69) is 59.6 Å². The molecule has 0 aliphatic carbocycles. The van der Waals surface area contributed by atoms with E-state index in [1.807, 2.05) is 0 Å². The van der Waals surface area contributed by atoms with Gasteiger partial charge >= 0.3 is 0 Å². The quantitative estimate of drug-likeness (QED) is 0.761. The summed E-state index contributed by atoms with van der Waals surface area (Å²) in [5.41, 5.74) is 4.33. The maximum atomic E-state index is 13.3. The number of fused-ring (bicyclic) bond motifs is 1. The molecular formula is C20H19FN4. The monoisotopic (exact) mass is 334 g/mol. The lowest BCUT2D eigenvalue weighted by Gasteiger charge is -2.24. The summed E-state index contributed by atoms with van der Waals surface area (Å²) < 4.78 is 15.1. The van der Waals surface area contributed by atoms with Crippen molar-refractivity contribution in [3.63, 3.8) is 0 Å². The third-order valence-electron chi connectivity index (χ3n) is 4.51. The van der Waals surface area contributed by atoms with Crippen molar-refractivity contribution < 1.29 is 4.39 Å². The molecule has 0 unspecified atom stereocenters. The number of benzene rings is 2. The maximum absolute atomic E-state index is 13.3. The number of nitrogens with one attached hydrogen (secondary N) is 1. The minimum absolute atomic E-state index is 0.126. The Morgan fingerprint density at radius 2 is 1.76 bits per heavy atom. The van der Waals surface area contributed by atoms with Gasteiger partial charge in [-0.2, -0.15) is 10.1 Å². The number of halogens is 1. The molecule has 0 saturated heterocycles. The molecule has 5 heteroatoms. The number of rotatable bonds is 3. The van der Waals surface area contributed by atoms with Crippen LogP contribution in [-0.2, 0) is 0 Å². The molecule has 0 fully saturated rings. The Bertz CT molecular complexity index is 908. The van der Waals surface area contributed by atoms with Crippen molar-refractivity contribution in [2.45, 2.75) is 25.8 Å². The van der Waals surface area contributed by atoms with E-state index in [-0.39, 0.29) is 11.9 Å². The van der Waals surface area contributed by atoms with Gasteiger partial charge in [-0.15, -0.1) is 0 Å². The highest BCUT2D eigenvalue weighted by Gasteiger charge is 2.23. The number of hydrogen-bond donors (Lipinski definition) is 1. The van der Waals surface area contributed by atoms with Crippen LogP contribution in [0.2, 0.25) is 0 Å². The fraction of sp³-hybridized carbons (Fsp3) is 0.200. The summed E-state index contributed by atoms with van der Waals surface area (Å²) in [5, 5.41) is 7.64. The molecule has 0 spiro atoms. The first kappa shape index (κ1) is 15.6. The molecule has 3 aromatic rings. The summed E-state index contributed by atoms with van der Waals surface area (Å²) in [4.78, 5) is 4.30. The van der Waals surface area contributed by atoms with Crippen LogP contribution in [0.1, 0.15) is 42.5 Å². The summed E-state index contributed by atoms with van der Waals surface area (Å²) in [6.45, 7) is 4.36. The van der Waals surface area contributed by atoms with Crippen LogP contribution in [0.25, 0.3) is 5.70 Å². The molecule has 25 heavy (non-hydrogen) atoms. The van der Waals surface area contributed by atoms with E-state index in [0.717, 1.165) is 16.8 Å². The average molecular weight is 334 g/mol. The Labute approximate surface area is 146 Å². The molecule has 2 heterocycles. The molecule has 1 aliphatic rings. The van der Waals surface area contributed by atoms with Crippen LogP contribution in [0.5, 0.6) is 0 Å². The highest BCUT2D eigenvalue weighted by atomic mass is 19.1. The van der Waals surface area contributed by atoms with Gasteiger partial charge in [0.25, 0.3) is 0 Å². The van der Waals surface area contributed by atoms with Gasteiger partial charge in [0, 0.05) is 5.70 Å². The first-order valence-electron chi connectivity index (χ1n) is 8.36. The second-order valence-corrected chi connectivity index (χ2v) is 6.51. The van der Waals surface area contributed by atoms with E-state index in [1.165, 1.54) is 24.0 Å². The molecule has 1 aliphatic heterocycles. The smallest absolute Gasteiger partial charge is 0.226 e. The zero-order valence-corrected chi connectivity index (χ0v) is 14.1. The number of anilines is 1. The number of hydrogen-bond acceptors (Lipinski definition) is 3. The molecule has 4 rings (SSSR count). The number of nitrogens with zero attached hydrogens (tertiary/aromatic N) is 3. The Hall–Kier alpha value is -2.95. The van der Waals surface area contributed by atoms with Crippen molar-refractivity contribution in [3.8, 4) is 0 Å². The SMILES string of the molecule is CC(C)c1ccc(C2=C[C@@H](c3ccc(F)cc3)n3ncnc3N2)cc1. The maximum Gasteiger partial charge on any atom is 0.226 e. The van der Waals surface area contributed by atoms with Crippen molar-refractivity contribution in [3.05, 3.63) is 83.4 Å². The van der Waals surface area contributed by atoms with Crippen LogP contribution in [0.4, 0.5) is 10.3 Å². The zero-order chi connectivity index (χ0) is 17.4. The largest absolute Gasteiger partial charge is 0.324 e. The van der Waals surface area contributed by atoms with E-state index in [0.29, 0.717) is 11.9 Å². The normalized spacial score (nSPS) is 16.3. The van der Waals surface area contributed by atoms with E-state index in [1.54, 1.807) is 16.8 Å². The van der Waals surface area contributed by atoms with Gasteiger partial charge in [0.15, 0.2) is 0 Å². The van der Waals surface area contributed by atoms with E-state index >= 15 is 0 Å². The van der Waals surface area contributed by atoms with Gasteiger partial charge in [0.05, 0.1) is 0 Å². The zero-order valence-electron chi connectivity index (χ0n) is 14.1. The summed E-state index contributed by atoms with van der Waals surface area (Å²) >= 11 is 0. The second kappa shape index (κ2) is 6.16. The second-order valence-electron chi connectivity index (χ2n) is 6.51. The summed E-state index contributed by atoms with van der Waals surface area (Å²) in [5.74, 6) is 0.933. The molecule has 0 bridgehead atoms. The van der Waals surface area contributed by atoms with Gasteiger partial charge in [-0.25, -0.2) is 9.07 Å². The van der Waals surface area contributed by atoms with Crippen LogP contribution >= 0.6 is 0 Å². The van der Waals surface area contributed by atoms with E-state index < -0.39 is 0 Å². The van der Waals surface area contributed by atoms with E-state index in [4.69, 9.17) is 0 Å². The topological polar surface area (TPSA) is 42.7 Å². The minimum atomic E-state index is -0.245. The number of aromatic nitrogens is 3.